The van der Waals surface area contributed by atoms with E-state index in [1.165, 1.54) is 18.6 Å². The molecule has 0 saturated heterocycles. The highest BCUT2D eigenvalue weighted by molar-refractivity contribution is 5.86. The molecule has 35 heavy (non-hydrogen) atoms. The molecule has 0 fully saturated rings. The molecule has 6 nitrogen and oxygen atoms in total. The van der Waals surface area contributed by atoms with E-state index >= 15 is 0 Å². The number of aryl methyl sites for hydroxylation is 1. The van der Waals surface area contributed by atoms with Gasteiger partial charge in [-0.2, -0.15) is 13.2 Å². The van der Waals surface area contributed by atoms with Crippen LogP contribution in [-0.2, 0) is 11.6 Å². The number of hydrogen-bond donors (Lipinski definition) is 1. The van der Waals surface area contributed by atoms with Crippen molar-refractivity contribution in [2.75, 3.05) is 11.9 Å². The zero-order valence-corrected chi connectivity index (χ0v) is 20.1. The van der Waals surface area contributed by atoms with Crippen molar-refractivity contribution in [3.63, 3.8) is 0 Å². The number of halogens is 3. The summed E-state index contributed by atoms with van der Waals surface area (Å²) in [5.74, 6) is 1.38. The van der Waals surface area contributed by atoms with Crippen molar-refractivity contribution < 1.29 is 13.2 Å². The molecule has 0 aliphatic carbocycles. The van der Waals surface area contributed by atoms with E-state index in [-0.39, 0.29) is 11.3 Å². The van der Waals surface area contributed by atoms with Gasteiger partial charge in [-0.15, -0.1) is 0 Å². The van der Waals surface area contributed by atoms with Crippen molar-refractivity contribution in [2.45, 2.75) is 45.7 Å². The Balaban J connectivity index is 1.61. The summed E-state index contributed by atoms with van der Waals surface area (Å²) >= 11 is 0. The lowest BCUT2D eigenvalue weighted by Crippen LogP contribution is -2.34. The summed E-state index contributed by atoms with van der Waals surface area (Å²) in [6.45, 7) is 8.58. The largest absolute Gasteiger partial charge is 0.417 e. The van der Waals surface area contributed by atoms with Gasteiger partial charge in [-0.25, -0.2) is 19.9 Å². The third-order valence-electron chi connectivity index (χ3n) is 6.85. The number of rotatable bonds is 7. The molecule has 182 valence electrons. The minimum atomic E-state index is -4.44. The molecule has 0 radical (unpaired) electrons. The Morgan fingerprint density at radius 1 is 0.971 bits per heavy atom. The van der Waals surface area contributed by atoms with Gasteiger partial charge >= 0.3 is 6.18 Å². The predicted molar refractivity (Wildman–Crippen MR) is 130 cm³/mol. The van der Waals surface area contributed by atoms with E-state index < -0.39 is 17.2 Å². The van der Waals surface area contributed by atoms with Crippen LogP contribution in [0.2, 0.25) is 0 Å². The monoisotopic (exact) mass is 480 g/mol. The van der Waals surface area contributed by atoms with Crippen LogP contribution in [0.5, 0.6) is 0 Å². The minimum Gasteiger partial charge on any atom is -0.370 e. The third kappa shape index (κ3) is 4.94. The van der Waals surface area contributed by atoms with Crippen molar-refractivity contribution in [3.8, 4) is 11.3 Å². The van der Waals surface area contributed by atoms with E-state index in [9.17, 15) is 13.2 Å². The van der Waals surface area contributed by atoms with E-state index in [4.69, 9.17) is 0 Å². The summed E-state index contributed by atoms with van der Waals surface area (Å²) in [6.07, 6.45) is 2.44. The van der Waals surface area contributed by atoms with E-state index in [2.05, 4.69) is 44.1 Å². The minimum absolute atomic E-state index is 0.0515. The Kier molecular flexibility index (Phi) is 6.69. The van der Waals surface area contributed by atoms with Gasteiger partial charge in [0, 0.05) is 42.2 Å². The summed E-state index contributed by atoms with van der Waals surface area (Å²) in [4.78, 5) is 21.4. The second kappa shape index (κ2) is 9.56. The molecule has 0 spiro atoms. The van der Waals surface area contributed by atoms with Crippen LogP contribution in [0, 0.1) is 12.8 Å². The second-order valence-corrected chi connectivity index (χ2v) is 8.92. The van der Waals surface area contributed by atoms with Crippen LogP contribution >= 0.6 is 0 Å². The molecule has 1 aromatic carbocycles. The Bertz CT molecular complexity index is 1320. The van der Waals surface area contributed by atoms with Gasteiger partial charge in [0.25, 0.3) is 0 Å². The van der Waals surface area contributed by atoms with E-state index in [0.717, 1.165) is 23.6 Å². The van der Waals surface area contributed by atoms with Gasteiger partial charge < -0.3 is 5.32 Å². The summed E-state index contributed by atoms with van der Waals surface area (Å²) in [7, 11) is 0. The molecule has 0 aliphatic rings. The quantitative estimate of drug-likeness (QED) is 0.338. The zero-order valence-electron chi connectivity index (χ0n) is 20.1. The lowest BCUT2D eigenvalue weighted by Gasteiger charge is -2.36. The van der Waals surface area contributed by atoms with Gasteiger partial charge in [0.05, 0.1) is 16.8 Å². The molecule has 1 unspecified atom stereocenters. The van der Waals surface area contributed by atoms with Crippen molar-refractivity contribution in [1.82, 2.24) is 24.9 Å². The molecule has 3 heterocycles. The molecular weight excluding hydrogens is 453 g/mol. The first-order valence-electron chi connectivity index (χ1n) is 11.4. The maximum atomic E-state index is 13.6. The molecule has 0 bridgehead atoms. The Morgan fingerprint density at radius 3 is 2.40 bits per heavy atom. The maximum Gasteiger partial charge on any atom is 0.417 e. The van der Waals surface area contributed by atoms with Crippen LogP contribution in [0.4, 0.5) is 19.0 Å². The standard InChI is InChI=1S/C26H27F3N6/c1-5-25(4,21-8-6-7-19-20(26(27,28)29)9-10-30-24(19)21)16(2)12-33-23-11-22(34-15-35-23)18-13-31-17(3)32-14-18/h6-11,13-16H,5,12H2,1-4H3,(H,33,34,35)/t16?,25-/m1/s1. The molecule has 3 aromatic heterocycles. The number of nitrogens with zero attached hydrogens (tertiary/aromatic N) is 5. The Hall–Kier alpha value is -3.62. The first kappa shape index (κ1) is 24.5. The molecule has 2 atom stereocenters. The van der Waals surface area contributed by atoms with Crippen molar-refractivity contribution >= 4 is 16.7 Å². The molecule has 0 aliphatic heterocycles. The highest BCUT2D eigenvalue weighted by atomic mass is 19.4. The summed E-state index contributed by atoms with van der Waals surface area (Å²) in [5, 5.41) is 3.49. The third-order valence-corrected chi connectivity index (χ3v) is 6.85. The van der Waals surface area contributed by atoms with Gasteiger partial charge in [-0.1, -0.05) is 39.0 Å². The summed E-state index contributed by atoms with van der Waals surface area (Å²) in [5.41, 5.74) is 1.59. The van der Waals surface area contributed by atoms with Crippen molar-refractivity contribution in [1.29, 1.82) is 0 Å². The van der Waals surface area contributed by atoms with Crippen LogP contribution in [0.3, 0.4) is 0 Å². The molecule has 0 amide bonds. The SMILES string of the molecule is CC[C@@](C)(c1cccc2c(C(F)(F)F)ccnc12)C(C)CNc1cc(-c2cnc(C)nc2)ncn1. The molecule has 9 heteroatoms. The molecular formula is C26H27F3N6. The van der Waals surface area contributed by atoms with Crippen LogP contribution in [0.1, 0.15) is 44.1 Å². The lowest BCUT2D eigenvalue weighted by molar-refractivity contribution is -0.136. The van der Waals surface area contributed by atoms with Gasteiger partial charge in [-0.05, 0) is 36.3 Å². The normalized spacial score (nSPS) is 14.5. The average molecular weight is 481 g/mol. The smallest absolute Gasteiger partial charge is 0.370 e. The van der Waals surface area contributed by atoms with E-state index in [0.29, 0.717) is 29.4 Å². The number of fused-ring (bicyclic) bond motifs is 1. The topological polar surface area (TPSA) is 76.5 Å². The van der Waals surface area contributed by atoms with Crippen LogP contribution in [0.25, 0.3) is 22.2 Å². The number of aromatic nitrogens is 5. The number of pyridine rings is 1. The number of benzene rings is 1. The van der Waals surface area contributed by atoms with Crippen LogP contribution < -0.4 is 5.32 Å². The fourth-order valence-corrected chi connectivity index (χ4v) is 4.31. The Morgan fingerprint density at radius 2 is 1.71 bits per heavy atom. The first-order valence-corrected chi connectivity index (χ1v) is 11.4. The number of anilines is 1. The van der Waals surface area contributed by atoms with Crippen molar-refractivity contribution in [3.05, 3.63) is 72.2 Å². The maximum absolute atomic E-state index is 13.6. The van der Waals surface area contributed by atoms with Crippen molar-refractivity contribution in [2.24, 2.45) is 5.92 Å². The molecule has 0 saturated carbocycles. The fourth-order valence-electron chi connectivity index (χ4n) is 4.31. The van der Waals surface area contributed by atoms with Crippen LogP contribution in [0.15, 0.2) is 55.2 Å². The number of para-hydroxylation sites is 1. The highest BCUT2D eigenvalue weighted by Gasteiger charge is 2.36. The van der Waals surface area contributed by atoms with Gasteiger partial charge in [0.2, 0.25) is 0 Å². The highest BCUT2D eigenvalue weighted by Crippen LogP contribution is 2.41. The lowest BCUT2D eigenvalue weighted by atomic mass is 9.70. The van der Waals surface area contributed by atoms with Gasteiger partial charge in [-0.3, -0.25) is 4.98 Å². The first-order chi connectivity index (χ1) is 16.6. The zero-order chi connectivity index (χ0) is 25.2. The van der Waals surface area contributed by atoms with E-state index in [1.807, 2.05) is 26.0 Å². The predicted octanol–water partition coefficient (Wildman–Crippen LogP) is 6.22. The van der Waals surface area contributed by atoms with Gasteiger partial charge in [0.15, 0.2) is 0 Å². The van der Waals surface area contributed by atoms with Crippen LogP contribution in [-0.4, -0.2) is 31.5 Å². The Labute approximate surface area is 202 Å². The number of alkyl halides is 3. The molecule has 4 rings (SSSR count). The molecule has 4 aromatic rings. The van der Waals surface area contributed by atoms with Gasteiger partial charge in [0.1, 0.15) is 18.0 Å². The number of nitrogens with one attached hydrogen (secondary N) is 1. The van der Waals surface area contributed by atoms with E-state index in [1.54, 1.807) is 18.5 Å². The molecule has 1 N–H and O–H groups in total. The second-order valence-electron chi connectivity index (χ2n) is 8.92. The number of hydrogen-bond acceptors (Lipinski definition) is 6. The summed E-state index contributed by atoms with van der Waals surface area (Å²) in [6, 6.07) is 7.93. The summed E-state index contributed by atoms with van der Waals surface area (Å²) < 4.78 is 40.8. The average Bonchev–Trinajstić information content (AvgIpc) is 2.86. The fraction of sp³-hybridized carbons (Fsp3) is 0.346.